The number of carbonyl (C=O) groups excluding carboxylic acids is 1. The summed E-state index contributed by atoms with van der Waals surface area (Å²) in [6, 6.07) is 5.59. The van der Waals surface area contributed by atoms with Crippen LogP contribution in [0.25, 0.3) is 0 Å². The van der Waals surface area contributed by atoms with E-state index < -0.39 is 0 Å². The molecule has 0 aromatic carbocycles. The van der Waals surface area contributed by atoms with Gasteiger partial charge in [0, 0.05) is 39.3 Å². The highest BCUT2D eigenvalue weighted by molar-refractivity contribution is 5.92. The monoisotopic (exact) mass is 305 g/mol. The Kier molecular flexibility index (Phi) is 4.87. The molecule has 1 aromatic heterocycles. The standard InChI is InChI=1S/C15H23N5O2/c1-18-5-7-20(8-6-18)17-15(21)13-3-2-4-14(16-13)19-9-11-22-12-10-19/h2-4H,5-12H2,1H3,(H,17,21). The van der Waals surface area contributed by atoms with Crippen LogP contribution < -0.4 is 10.3 Å². The SMILES string of the molecule is CN1CCN(NC(=O)c2cccc(N3CCOCC3)n2)CC1. The van der Waals surface area contributed by atoms with E-state index in [4.69, 9.17) is 4.74 Å². The van der Waals surface area contributed by atoms with Crippen LogP contribution in [0.1, 0.15) is 10.5 Å². The molecule has 0 bridgehead atoms. The van der Waals surface area contributed by atoms with Crippen molar-refractivity contribution in [2.75, 3.05) is 64.4 Å². The first-order chi connectivity index (χ1) is 10.7. The Morgan fingerprint density at radius 1 is 1.14 bits per heavy atom. The number of carbonyl (C=O) groups is 1. The summed E-state index contributed by atoms with van der Waals surface area (Å²) in [7, 11) is 2.09. The third-order valence-corrected chi connectivity index (χ3v) is 4.07. The van der Waals surface area contributed by atoms with E-state index in [1.54, 1.807) is 6.07 Å². The van der Waals surface area contributed by atoms with Crippen LogP contribution in [-0.4, -0.2) is 80.3 Å². The van der Waals surface area contributed by atoms with E-state index in [1.807, 2.05) is 17.1 Å². The fourth-order valence-corrected chi connectivity index (χ4v) is 2.64. The number of hydrogen-bond acceptors (Lipinski definition) is 6. The van der Waals surface area contributed by atoms with Gasteiger partial charge < -0.3 is 14.5 Å². The van der Waals surface area contributed by atoms with Crippen LogP contribution in [0.2, 0.25) is 0 Å². The number of hydrogen-bond donors (Lipinski definition) is 1. The topological polar surface area (TPSA) is 60.9 Å². The number of nitrogens with one attached hydrogen (secondary N) is 1. The molecular weight excluding hydrogens is 282 g/mol. The van der Waals surface area contributed by atoms with Crippen molar-refractivity contribution in [3.8, 4) is 0 Å². The minimum absolute atomic E-state index is 0.139. The third kappa shape index (κ3) is 3.73. The number of piperazine rings is 1. The van der Waals surface area contributed by atoms with Gasteiger partial charge in [-0.1, -0.05) is 6.07 Å². The molecule has 0 spiro atoms. The van der Waals surface area contributed by atoms with Crippen molar-refractivity contribution < 1.29 is 9.53 Å². The van der Waals surface area contributed by atoms with Gasteiger partial charge in [-0.05, 0) is 19.2 Å². The van der Waals surface area contributed by atoms with E-state index in [1.165, 1.54) is 0 Å². The van der Waals surface area contributed by atoms with E-state index in [0.29, 0.717) is 18.9 Å². The highest BCUT2D eigenvalue weighted by Crippen LogP contribution is 2.13. The van der Waals surface area contributed by atoms with Crippen molar-refractivity contribution in [2.24, 2.45) is 0 Å². The third-order valence-electron chi connectivity index (χ3n) is 4.07. The zero-order valence-corrected chi connectivity index (χ0v) is 13.0. The Balaban J connectivity index is 1.62. The Morgan fingerprint density at radius 2 is 1.86 bits per heavy atom. The maximum atomic E-state index is 12.4. The van der Waals surface area contributed by atoms with E-state index in [2.05, 4.69) is 27.3 Å². The Morgan fingerprint density at radius 3 is 2.59 bits per heavy atom. The van der Waals surface area contributed by atoms with Gasteiger partial charge in [0.1, 0.15) is 11.5 Å². The fraction of sp³-hybridized carbons (Fsp3) is 0.600. The molecule has 1 N–H and O–H groups in total. The predicted molar refractivity (Wildman–Crippen MR) is 83.8 cm³/mol. The van der Waals surface area contributed by atoms with E-state index >= 15 is 0 Å². The lowest BCUT2D eigenvalue weighted by Gasteiger charge is -2.32. The molecule has 2 aliphatic heterocycles. The summed E-state index contributed by atoms with van der Waals surface area (Å²) in [5.41, 5.74) is 3.41. The summed E-state index contributed by atoms with van der Waals surface area (Å²) in [6.07, 6.45) is 0. The summed E-state index contributed by atoms with van der Waals surface area (Å²) in [5, 5.41) is 1.96. The number of ether oxygens (including phenoxy) is 1. The van der Waals surface area contributed by atoms with Crippen LogP contribution >= 0.6 is 0 Å². The Labute approximate surface area is 130 Å². The first kappa shape index (κ1) is 15.2. The molecule has 0 saturated carbocycles. The van der Waals surface area contributed by atoms with Gasteiger partial charge in [0.05, 0.1) is 13.2 Å². The zero-order chi connectivity index (χ0) is 15.4. The largest absolute Gasteiger partial charge is 0.378 e. The average molecular weight is 305 g/mol. The number of aromatic nitrogens is 1. The van der Waals surface area contributed by atoms with Crippen LogP contribution in [0.5, 0.6) is 0 Å². The number of nitrogens with zero attached hydrogens (tertiary/aromatic N) is 4. The van der Waals surface area contributed by atoms with Crippen molar-refractivity contribution in [1.29, 1.82) is 0 Å². The van der Waals surface area contributed by atoms with Gasteiger partial charge in [-0.2, -0.15) is 0 Å². The second-order valence-corrected chi connectivity index (χ2v) is 5.71. The second-order valence-electron chi connectivity index (χ2n) is 5.71. The van der Waals surface area contributed by atoms with Crippen LogP contribution in [0.15, 0.2) is 18.2 Å². The highest BCUT2D eigenvalue weighted by atomic mass is 16.5. The average Bonchev–Trinajstić information content (AvgIpc) is 2.58. The van der Waals surface area contributed by atoms with Crippen molar-refractivity contribution >= 4 is 11.7 Å². The van der Waals surface area contributed by atoms with Crippen LogP contribution in [-0.2, 0) is 4.74 Å². The van der Waals surface area contributed by atoms with Crippen LogP contribution in [0.4, 0.5) is 5.82 Å². The van der Waals surface area contributed by atoms with Gasteiger partial charge >= 0.3 is 0 Å². The molecule has 0 atom stereocenters. The normalized spacial score (nSPS) is 20.9. The number of hydrazine groups is 1. The fourth-order valence-electron chi connectivity index (χ4n) is 2.64. The number of morpholine rings is 1. The van der Waals surface area contributed by atoms with Crippen LogP contribution in [0, 0.1) is 0 Å². The van der Waals surface area contributed by atoms with Crippen molar-refractivity contribution in [1.82, 2.24) is 20.3 Å². The lowest BCUT2D eigenvalue weighted by Crippen LogP contribution is -2.52. The minimum atomic E-state index is -0.139. The number of pyridine rings is 1. The molecule has 2 saturated heterocycles. The van der Waals surface area contributed by atoms with E-state index in [9.17, 15) is 4.79 Å². The molecule has 1 aromatic rings. The lowest BCUT2D eigenvalue weighted by molar-refractivity contribution is 0.0657. The predicted octanol–water partition coefficient (Wildman–Crippen LogP) is -0.190. The maximum absolute atomic E-state index is 12.4. The molecule has 120 valence electrons. The first-order valence-corrected chi connectivity index (χ1v) is 7.76. The molecule has 0 radical (unpaired) electrons. The molecule has 7 heteroatoms. The Bertz CT molecular complexity index is 510. The molecule has 1 amide bonds. The summed E-state index contributed by atoms with van der Waals surface area (Å²) in [4.78, 5) is 21.3. The molecule has 2 aliphatic rings. The van der Waals surface area contributed by atoms with Gasteiger partial charge in [-0.15, -0.1) is 0 Å². The summed E-state index contributed by atoms with van der Waals surface area (Å²) in [6.45, 7) is 6.64. The highest BCUT2D eigenvalue weighted by Gasteiger charge is 2.18. The number of amides is 1. The molecule has 3 rings (SSSR count). The van der Waals surface area contributed by atoms with Crippen molar-refractivity contribution in [3.63, 3.8) is 0 Å². The molecule has 22 heavy (non-hydrogen) atoms. The molecule has 0 aliphatic carbocycles. The summed E-state index contributed by atoms with van der Waals surface area (Å²) in [5.74, 6) is 0.703. The summed E-state index contributed by atoms with van der Waals surface area (Å²) < 4.78 is 5.35. The van der Waals surface area contributed by atoms with Gasteiger partial charge in [-0.25, -0.2) is 9.99 Å². The minimum Gasteiger partial charge on any atom is -0.378 e. The van der Waals surface area contributed by atoms with Gasteiger partial charge in [-0.3, -0.25) is 10.2 Å². The Hall–Kier alpha value is -1.70. The van der Waals surface area contributed by atoms with Gasteiger partial charge in [0.2, 0.25) is 0 Å². The second kappa shape index (κ2) is 7.04. The number of likely N-dealkylation sites (N-methyl/N-ethyl adjacent to an activating group) is 1. The molecule has 7 nitrogen and oxygen atoms in total. The summed E-state index contributed by atoms with van der Waals surface area (Å²) >= 11 is 0. The van der Waals surface area contributed by atoms with Gasteiger partial charge in [0.15, 0.2) is 0 Å². The number of rotatable bonds is 3. The van der Waals surface area contributed by atoms with E-state index in [0.717, 1.165) is 45.1 Å². The number of anilines is 1. The quantitative estimate of drug-likeness (QED) is 0.835. The van der Waals surface area contributed by atoms with E-state index in [-0.39, 0.29) is 5.91 Å². The molecule has 3 heterocycles. The molecule has 0 unspecified atom stereocenters. The lowest BCUT2D eigenvalue weighted by atomic mass is 10.3. The van der Waals surface area contributed by atoms with Crippen molar-refractivity contribution in [2.45, 2.75) is 0 Å². The molecular formula is C15H23N5O2. The van der Waals surface area contributed by atoms with Gasteiger partial charge in [0.25, 0.3) is 5.91 Å². The first-order valence-electron chi connectivity index (χ1n) is 7.76. The smallest absolute Gasteiger partial charge is 0.284 e. The molecule has 2 fully saturated rings. The van der Waals surface area contributed by atoms with Crippen LogP contribution in [0.3, 0.4) is 0 Å². The maximum Gasteiger partial charge on any atom is 0.284 e. The zero-order valence-electron chi connectivity index (χ0n) is 13.0. The van der Waals surface area contributed by atoms with Crippen molar-refractivity contribution in [3.05, 3.63) is 23.9 Å².